The number of halogens is 2. The lowest BCUT2D eigenvalue weighted by Gasteiger charge is -2.06. The maximum absolute atomic E-state index is 12.9. The van der Waals surface area contributed by atoms with Gasteiger partial charge in [-0.15, -0.1) is 11.3 Å². The van der Waals surface area contributed by atoms with Gasteiger partial charge in [0.05, 0.1) is 15.6 Å². The van der Waals surface area contributed by atoms with E-state index in [4.69, 9.17) is 16.7 Å². The first-order valence-corrected chi connectivity index (χ1v) is 6.98. The average Bonchev–Trinajstić information content (AvgIpc) is 2.88. The highest BCUT2D eigenvalue weighted by Crippen LogP contribution is 2.25. The highest BCUT2D eigenvalue weighted by Gasteiger charge is 2.13. The number of carboxylic acids is 1. The number of anilines is 1. The second-order valence-electron chi connectivity index (χ2n) is 3.95. The molecule has 7 heteroatoms. The Labute approximate surface area is 128 Å². The Balaban J connectivity index is 2.21. The summed E-state index contributed by atoms with van der Waals surface area (Å²) >= 11 is 7.00. The molecule has 0 bridgehead atoms. The summed E-state index contributed by atoms with van der Waals surface area (Å²) in [5, 5.41) is 12.9. The minimum Gasteiger partial charge on any atom is -0.478 e. The Kier molecular flexibility index (Phi) is 4.72. The molecule has 21 heavy (non-hydrogen) atoms. The molecule has 0 aliphatic rings. The number of rotatable bonds is 4. The van der Waals surface area contributed by atoms with Crippen molar-refractivity contribution >= 4 is 46.6 Å². The van der Waals surface area contributed by atoms with Crippen molar-refractivity contribution in [3.8, 4) is 0 Å². The summed E-state index contributed by atoms with van der Waals surface area (Å²) < 4.78 is 12.9. The van der Waals surface area contributed by atoms with Gasteiger partial charge >= 0.3 is 5.97 Å². The average molecular weight is 326 g/mol. The van der Waals surface area contributed by atoms with Crippen LogP contribution < -0.4 is 5.32 Å². The van der Waals surface area contributed by atoms with Crippen LogP contribution in [0.25, 0.3) is 6.08 Å². The number of hydrogen-bond acceptors (Lipinski definition) is 3. The first kappa shape index (κ1) is 15.2. The van der Waals surface area contributed by atoms with Crippen molar-refractivity contribution in [1.29, 1.82) is 0 Å². The molecule has 1 aromatic carbocycles. The zero-order valence-corrected chi connectivity index (χ0v) is 12.0. The van der Waals surface area contributed by atoms with Gasteiger partial charge in [-0.05, 0) is 41.3 Å². The Morgan fingerprint density at radius 3 is 2.76 bits per heavy atom. The molecule has 4 nitrogen and oxygen atoms in total. The van der Waals surface area contributed by atoms with E-state index in [1.165, 1.54) is 18.2 Å². The third kappa shape index (κ3) is 3.90. The molecule has 0 atom stereocenters. The number of nitrogens with one attached hydrogen (secondary N) is 1. The van der Waals surface area contributed by atoms with Gasteiger partial charge < -0.3 is 10.4 Å². The van der Waals surface area contributed by atoms with Crippen LogP contribution in [-0.2, 0) is 4.79 Å². The topological polar surface area (TPSA) is 66.4 Å². The molecule has 0 fully saturated rings. The number of thiophene rings is 1. The zero-order chi connectivity index (χ0) is 15.4. The third-order valence-corrected chi connectivity index (χ3v) is 3.73. The largest absolute Gasteiger partial charge is 0.478 e. The van der Waals surface area contributed by atoms with E-state index in [2.05, 4.69) is 5.32 Å². The summed E-state index contributed by atoms with van der Waals surface area (Å²) in [6.07, 6.45) is 2.28. The van der Waals surface area contributed by atoms with Gasteiger partial charge in [0, 0.05) is 6.08 Å². The van der Waals surface area contributed by atoms with Crippen molar-refractivity contribution in [2.75, 3.05) is 5.32 Å². The Bertz CT molecular complexity index is 727. The normalized spacial score (nSPS) is 10.8. The Morgan fingerprint density at radius 1 is 1.33 bits per heavy atom. The molecule has 2 rings (SSSR count). The van der Waals surface area contributed by atoms with E-state index in [0.717, 1.165) is 23.5 Å². The van der Waals surface area contributed by atoms with Crippen molar-refractivity contribution in [1.82, 2.24) is 0 Å². The van der Waals surface area contributed by atoms with Crippen LogP contribution >= 0.6 is 22.9 Å². The van der Waals surface area contributed by atoms with Gasteiger partial charge in [0.15, 0.2) is 0 Å². The SMILES string of the molecule is O=C(O)C=Cc1ccsc1C(=O)Nc1ccc(F)cc1Cl. The summed E-state index contributed by atoms with van der Waals surface area (Å²) in [4.78, 5) is 23.0. The molecule has 2 N–H and O–H groups in total. The minimum atomic E-state index is -1.10. The lowest BCUT2D eigenvalue weighted by molar-refractivity contribution is -0.131. The van der Waals surface area contributed by atoms with Crippen molar-refractivity contribution in [3.63, 3.8) is 0 Å². The predicted octanol–water partition coefficient (Wildman–Crippen LogP) is 3.89. The van der Waals surface area contributed by atoms with Crippen LogP contribution in [0.5, 0.6) is 0 Å². The summed E-state index contributed by atoms with van der Waals surface area (Å²) in [5.74, 6) is -2.04. The van der Waals surface area contributed by atoms with E-state index in [1.807, 2.05) is 0 Å². The summed E-state index contributed by atoms with van der Waals surface area (Å²) in [6.45, 7) is 0. The quantitative estimate of drug-likeness (QED) is 0.838. The van der Waals surface area contributed by atoms with Crippen molar-refractivity contribution in [2.45, 2.75) is 0 Å². The molecular formula is C14H9ClFNO3S. The third-order valence-electron chi connectivity index (χ3n) is 2.49. The molecule has 0 spiro atoms. The number of aliphatic carboxylic acids is 1. The summed E-state index contributed by atoms with van der Waals surface area (Å²) in [7, 11) is 0. The van der Waals surface area contributed by atoms with Gasteiger partial charge in [0.1, 0.15) is 5.82 Å². The molecule has 1 heterocycles. The molecule has 0 aliphatic heterocycles. The minimum absolute atomic E-state index is 0.0857. The van der Waals surface area contributed by atoms with E-state index < -0.39 is 17.7 Å². The lowest BCUT2D eigenvalue weighted by atomic mass is 10.2. The second-order valence-corrected chi connectivity index (χ2v) is 5.28. The van der Waals surface area contributed by atoms with Crippen LogP contribution in [0.2, 0.25) is 5.02 Å². The van der Waals surface area contributed by atoms with Crippen LogP contribution in [0.1, 0.15) is 15.2 Å². The second kappa shape index (κ2) is 6.51. The number of benzene rings is 1. The van der Waals surface area contributed by atoms with Crippen LogP contribution in [0.4, 0.5) is 10.1 Å². The summed E-state index contributed by atoms with van der Waals surface area (Å²) in [5.41, 5.74) is 0.766. The molecular weight excluding hydrogens is 317 g/mol. The lowest BCUT2D eigenvalue weighted by Crippen LogP contribution is -2.11. The number of amides is 1. The van der Waals surface area contributed by atoms with Crippen molar-refractivity contribution < 1.29 is 19.1 Å². The zero-order valence-electron chi connectivity index (χ0n) is 10.5. The van der Waals surface area contributed by atoms with E-state index in [0.29, 0.717) is 10.4 Å². The van der Waals surface area contributed by atoms with Crippen LogP contribution in [0.3, 0.4) is 0 Å². The fourth-order valence-corrected chi connectivity index (χ4v) is 2.56. The molecule has 2 aromatic rings. The molecule has 0 radical (unpaired) electrons. The number of carbonyl (C=O) groups excluding carboxylic acids is 1. The molecule has 0 aliphatic carbocycles. The smallest absolute Gasteiger partial charge is 0.328 e. The van der Waals surface area contributed by atoms with E-state index in [-0.39, 0.29) is 10.7 Å². The van der Waals surface area contributed by atoms with E-state index >= 15 is 0 Å². The first-order valence-electron chi connectivity index (χ1n) is 5.72. The number of hydrogen-bond donors (Lipinski definition) is 2. The van der Waals surface area contributed by atoms with E-state index in [1.54, 1.807) is 11.4 Å². The molecule has 0 saturated heterocycles. The first-order chi connectivity index (χ1) is 9.97. The van der Waals surface area contributed by atoms with Crippen LogP contribution in [-0.4, -0.2) is 17.0 Å². The molecule has 1 amide bonds. The van der Waals surface area contributed by atoms with Gasteiger partial charge in [-0.3, -0.25) is 4.79 Å². The molecule has 108 valence electrons. The maximum Gasteiger partial charge on any atom is 0.328 e. The van der Waals surface area contributed by atoms with Gasteiger partial charge in [-0.1, -0.05) is 11.6 Å². The van der Waals surface area contributed by atoms with Gasteiger partial charge in [-0.2, -0.15) is 0 Å². The molecule has 0 saturated carbocycles. The van der Waals surface area contributed by atoms with Gasteiger partial charge in [-0.25, -0.2) is 9.18 Å². The number of carboxylic acid groups (broad SMARTS) is 1. The highest BCUT2D eigenvalue weighted by molar-refractivity contribution is 7.12. The van der Waals surface area contributed by atoms with Gasteiger partial charge in [0.2, 0.25) is 0 Å². The standard InChI is InChI=1S/C14H9ClFNO3S/c15-10-7-9(16)2-3-11(10)17-14(20)13-8(5-6-21-13)1-4-12(18)19/h1-7H,(H,17,20)(H,18,19). The summed E-state index contributed by atoms with van der Waals surface area (Å²) in [6, 6.07) is 5.26. The molecule has 1 aromatic heterocycles. The van der Waals surface area contributed by atoms with Crippen LogP contribution in [0, 0.1) is 5.82 Å². The highest BCUT2D eigenvalue weighted by atomic mass is 35.5. The fraction of sp³-hybridized carbons (Fsp3) is 0. The van der Waals surface area contributed by atoms with Crippen LogP contribution in [0.15, 0.2) is 35.7 Å². The van der Waals surface area contributed by atoms with Crippen molar-refractivity contribution in [3.05, 3.63) is 57.0 Å². The number of carbonyl (C=O) groups is 2. The monoisotopic (exact) mass is 325 g/mol. The maximum atomic E-state index is 12.9. The Morgan fingerprint density at radius 2 is 2.10 bits per heavy atom. The predicted molar refractivity (Wildman–Crippen MR) is 80.4 cm³/mol. The Hall–Kier alpha value is -2.18. The molecule has 0 unspecified atom stereocenters. The fourth-order valence-electron chi connectivity index (χ4n) is 1.57. The van der Waals surface area contributed by atoms with Gasteiger partial charge in [0.25, 0.3) is 5.91 Å². The van der Waals surface area contributed by atoms with Crippen molar-refractivity contribution in [2.24, 2.45) is 0 Å². The van der Waals surface area contributed by atoms with E-state index in [9.17, 15) is 14.0 Å².